The van der Waals surface area contributed by atoms with Crippen LogP contribution in [0.25, 0.3) is 0 Å². The van der Waals surface area contributed by atoms with Crippen molar-refractivity contribution in [3.8, 4) is 0 Å². The number of nitrogens with two attached hydrogens (primary N) is 1. The summed E-state index contributed by atoms with van der Waals surface area (Å²) in [5.74, 6) is 0.940. The van der Waals surface area contributed by atoms with Gasteiger partial charge in [0.15, 0.2) is 0 Å². The highest BCUT2D eigenvalue weighted by Crippen LogP contribution is 2.20. The largest absolute Gasteiger partial charge is 0.466 e. The third kappa shape index (κ3) is 11.2. The van der Waals surface area contributed by atoms with Gasteiger partial charge in [0.1, 0.15) is 0 Å². The van der Waals surface area contributed by atoms with Crippen molar-refractivity contribution < 1.29 is 19.0 Å². The fourth-order valence-corrected chi connectivity index (χ4v) is 1.99. The van der Waals surface area contributed by atoms with Crippen molar-refractivity contribution in [2.75, 3.05) is 40.1 Å². The highest BCUT2D eigenvalue weighted by molar-refractivity contribution is 5.69. The van der Waals surface area contributed by atoms with Crippen LogP contribution in [0.5, 0.6) is 0 Å². The summed E-state index contributed by atoms with van der Waals surface area (Å²) in [4.78, 5) is 11.6. The monoisotopic (exact) mass is 289 g/mol. The second-order valence-electron chi connectivity index (χ2n) is 5.30. The number of rotatable bonds is 13. The molecule has 0 rings (SSSR count). The lowest BCUT2D eigenvalue weighted by molar-refractivity contribution is -0.144. The zero-order chi connectivity index (χ0) is 15.2. The molecule has 5 nitrogen and oxygen atoms in total. The summed E-state index contributed by atoms with van der Waals surface area (Å²) in [6.07, 6.45) is 3.04. The molecular weight excluding hydrogens is 258 g/mol. The Hall–Kier alpha value is -0.650. The molecule has 0 amide bonds. The lowest BCUT2D eigenvalue weighted by Gasteiger charge is -2.19. The van der Waals surface area contributed by atoms with E-state index in [0.717, 1.165) is 19.3 Å². The first-order chi connectivity index (χ1) is 9.61. The highest BCUT2D eigenvalue weighted by Gasteiger charge is 2.14. The van der Waals surface area contributed by atoms with E-state index in [4.69, 9.17) is 19.9 Å². The van der Waals surface area contributed by atoms with Crippen LogP contribution in [0.4, 0.5) is 0 Å². The Labute approximate surface area is 123 Å². The van der Waals surface area contributed by atoms with Gasteiger partial charge in [0, 0.05) is 26.6 Å². The molecule has 2 N–H and O–H groups in total. The summed E-state index contributed by atoms with van der Waals surface area (Å²) >= 11 is 0. The Bertz CT molecular complexity index is 234. The standard InChI is InChI=1S/C15H31NO4/c1-13(2)14(7-8-16)5-6-15(17)20-10-4-9-19-12-11-18-3/h13-14H,4-12,16H2,1-3H3. The van der Waals surface area contributed by atoms with Crippen molar-refractivity contribution in [3.05, 3.63) is 0 Å². The molecule has 120 valence electrons. The molecule has 0 aromatic carbocycles. The predicted molar refractivity (Wildman–Crippen MR) is 79.5 cm³/mol. The van der Waals surface area contributed by atoms with E-state index in [2.05, 4.69) is 13.8 Å². The number of carbonyl (C=O) groups is 1. The maximum Gasteiger partial charge on any atom is 0.305 e. The molecule has 0 saturated heterocycles. The van der Waals surface area contributed by atoms with Crippen LogP contribution < -0.4 is 5.73 Å². The minimum Gasteiger partial charge on any atom is -0.466 e. The average molecular weight is 289 g/mol. The molecule has 1 unspecified atom stereocenters. The SMILES string of the molecule is COCCOCCCOC(=O)CCC(CCN)C(C)C. The molecule has 0 aromatic heterocycles. The quantitative estimate of drug-likeness (QED) is 0.415. The number of carbonyl (C=O) groups excluding carboxylic acids is 1. The Morgan fingerprint density at radius 1 is 1.10 bits per heavy atom. The third-order valence-electron chi connectivity index (χ3n) is 3.33. The van der Waals surface area contributed by atoms with E-state index < -0.39 is 0 Å². The van der Waals surface area contributed by atoms with Crippen LogP contribution in [-0.4, -0.2) is 46.1 Å². The van der Waals surface area contributed by atoms with Crippen LogP contribution in [0.3, 0.4) is 0 Å². The number of hydrogen-bond donors (Lipinski definition) is 1. The van der Waals surface area contributed by atoms with E-state index >= 15 is 0 Å². The summed E-state index contributed by atoms with van der Waals surface area (Å²) in [6, 6.07) is 0. The summed E-state index contributed by atoms with van der Waals surface area (Å²) in [5.41, 5.74) is 5.58. The summed E-state index contributed by atoms with van der Waals surface area (Å²) in [6.45, 7) is 7.22. The number of ether oxygens (including phenoxy) is 3. The van der Waals surface area contributed by atoms with Gasteiger partial charge in [0.25, 0.3) is 0 Å². The molecule has 0 fully saturated rings. The third-order valence-corrected chi connectivity index (χ3v) is 3.33. The van der Waals surface area contributed by atoms with Gasteiger partial charge in [-0.25, -0.2) is 0 Å². The maximum absolute atomic E-state index is 11.6. The number of methoxy groups -OCH3 is 1. The van der Waals surface area contributed by atoms with Gasteiger partial charge in [0.05, 0.1) is 19.8 Å². The molecular formula is C15H31NO4. The lowest BCUT2D eigenvalue weighted by Crippen LogP contribution is -2.17. The highest BCUT2D eigenvalue weighted by atomic mass is 16.5. The fraction of sp³-hybridized carbons (Fsp3) is 0.933. The lowest BCUT2D eigenvalue weighted by atomic mass is 9.88. The minimum atomic E-state index is -0.121. The van der Waals surface area contributed by atoms with Gasteiger partial charge in [-0.2, -0.15) is 0 Å². The molecule has 0 aromatic rings. The first kappa shape index (κ1) is 19.4. The summed E-state index contributed by atoms with van der Waals surface area (Å²) in [7, 11) is 1.64. The van der Waals surface area contributed by atoms with E-state index in [1.54, 1.807) is 7.11 Å². The first-order valence-electron chi connectivity index (χ1n) is 7.54. The van der Waals surface area contributed by atoms with Gasteiger partial charge in [0.2, 0.25) is 0 Å². The van der Waals surface area contributed by atoms with Crippen molar-refractivity contribution in [3.63, 3.8) is 0 Å². The van der Waals surface area contributed by atoms with Crippen molar-refractivity contribution in [2.24, 2.45) is 17.6 Å². The molecule has 0 radical (unpaired) electrons. The van der Waals surface area contributed by atoms with Crippen molar-refractivity contribution in [2.45, 2.75) is 39.5 Å². The zero-order valence-corrected chi connectivity index (χ0v) is 13.2. The van der Waals surface area contributed by atoms with Crippen LogP contribution >= 0.6 is 0 Å². The Balaban J connectivity index is 3.53. The fourth-order valence-electron chi connectivity index (χ4n) is 1.99. The predicted octanol–water partition coefficient (Wildman–Crippen LogP) is 1.98. The zero-order valence-electron chi connectivity index (χ0n) is 13.2. The second-order valence-corrected chi connectivity index (χ2v) is 5.30. The van der Waals surface area contributed by atoms with Gasteiger partial charge < -0.3 is 19.9 Å². The summed E-state index contributed by atoms with van der Waals surface area (Å²) < 4.78 is 15.3. The number of esters is 1. The molecule has 0 aliphatic heterocycles. The van der Waals surface area contributed by atoms with Gasteiger partial charge in [-0.05, 0) is 31.2 Å². The normalized spacial score (nSPS) is 12.7. The first-order valence-corrected chi connectivity index (χ1v) is 7.54. The van der Waals surface area contributed by atoms with Crippen molar-refractivity contribution in [1.82, 2.24) is 0 Å². The van der Waals surface area contributed by atoms with Gasteiger partial charge in [-0.3, -0.25) is 4.79 Å². The Morgan fingerprint density at radius 3 is 2.45 bits per heavy atom. The van der Waals surface area contributed by atoms with Gasteiger partial charge in [-0.1, -0.05) is 13.8 Å². The van der Waals surface area contributed by atoms with Crippen molar-refractivity contribution >= 4 is 5.97 Å². The van der Waals surface area contributed by atoms with Gasteiger partial charge in [-0.15, -0.1) is 0 Å². The topological polar surface area (TPSA) is 70.8 Å². The Kier molecular flexibility index (Phi) is 12.9. The molecule has 20 heavy (non-hydrogen) atoms. The van der Waals surface area contributed by atoms with Crippen LogP contribution in [0.15, 0.2) is 0 Å². The minimum absolute atomic E-state index is 0.121. The molecule has 0 aliphatic carbocycles. The molecule has 0 aliphatic rings. The van der Waals surface area contributed by atoms with Crippen LogP contribution in [0.2, 0.25) is 0 Å². The second kappa shape index (κ2) is 13.3. The number of hydrogen-bond acceptors (Lipinski definition) is 5. The molecule has 0 bridgehead atoms. The van der Waals surface area contributed by atoms with Crippen LogP contribution in [0.1, 0.15) is 39.5 Å². The maximum atomic E-state index is 11.6. The van der Waals surface area contributed by atoms with E-state index in [1.807, 2.05) is 0 Å². The smallest absolute Gasteiger partial charge is 0.305 e. The molecule has 5 heteroatoms. The molecule has 1 atom stereocenters. The van der Waals surface area contributed by atoms with E-state index in [-0.39, 0.29) is 5.97 Å². The van der Waals surface area contributed by atoms with Crippen LogP contribution in [0, 0.1) is 11.8 Å². The van der Waals surface area contributed by atoms with Crippen molar-refractivity contribution in [1.29, 1.82) is 0 Å². The molecule has 0 spiro atoms. The average Bonchev–Trinajstić information content (AvgIpc) is 2.42. The molecule has 0 heterocycles. The summed E-state index contributed by atoms with van der Waals surface area (Å²) in [5, 5.41) is 0. The van der Waals surface area contributed by atoms with E-state index in [9.17, 15) is 4.79 Å². The van der Waals surface area contributed by atoms with E-state index in [1.165, 1.54) is 0 Å². The van der Waals surface area contributed by atoms with E-state index in [0.29, 0.717) is 51.2 Å². The molecule has 0 saturated carbocycles. The van der Waals surface area contributed by atoms with Gasteiger partial charge >= 0.3 is 5.97 Å². The van der Waals surface area contributed by atoms with Crippen LogP contribution in [-0.2, 0) is 19.0 Å². The Morgan fingerprint density at radius 2 is 1.85 bits per heavy atom.